The Hall–Kier alpha value is -4.08. The van der Waals surface area contributed by atoms with Gasteiger partial charge in [-0.3, -0.25) is 29.6 Å². The zero-order valence-electron chi connectivity index (χ0n) is 26.8. The van der Waals surface area contributed by atoms with E-state index in [1.165, 1.54) is 35.4 Å². The minimum atomic E-state index is -1.63. The van der Waals surface area contributed by atoms with E-state index in [-0.39, 0.29) is 31.2 Å². The van der Waals surface area contributed by atoms with E-state index < -0.39 is 34.7 Å². The third-order valence-electron chi connectivity index (χ3n) is 7.71. The molecule has 0 aromatic heterocycles. The van der Waals surface area contributed by atoms with E-state index in [0.29, 0.717) is 6.42 Å². The Kier molecular flexibility index (Phi) is 11.4. The molecular weight excluding hydrogens is 554 g/mol. The van der Waals surface area contributed by atoms with Gasteiger partial charge in [-0.15, -0.1) is 0 Å². The molecule has 2 aromatic carbocycles. The minimum absolute atomic E-state index is 0.00484. The van der Waals surface area contributed by atoms with Gasteiger partial charge in [-0.2, -0.15) is 0 Å². The number of fused-ring (bicyclic) bond motifs is 1. The van der Waals surface area contributed by atoms with Crippen LogP contribution >= 0.6 is 0 Å². The molecule has 0 fully saturated rings. The lowest BCUT2D eigenvalue weighted by Crippen LogP contribution is -2.59. The standard InChI is InChI=1S/C35H47N5O4/c1-24-11-9-12-27(19-24)23-40(38-25(2)41)32(43)22-35(5,37)33(44)30(39(6)31(42)15-10-18-34(3,4)36)21-26-16-17-28-13-7-8-14-29(28)20-26/h7-17,20,27,30H,18-19,21-23,36-37H2,1-6H3,(H,38,41)/b15-10+/t27?,30-,35?/m1/s1. The number of amides is 3. The maximum absolute atomic E-state index is 14.2. The Morgan fingerprint density at radius 1 is 1.07 bits per heavy atom. The van der Waals surface area contributed by atoms with Gasteiger partial charge in [0.05, 0.1) is 18.0 Å². The molecule has 0 aliphatic heterocycles. The second kappa shape index (κ2) is 14.6. The van der Waals surface area contributed by atoms with Crippen molar-refractivity contribution in [1.82, 2.24) is 15.3 Å². The third kappa shape index (κ3) is 9.99. The van der Waals surface area contributed by atoms with Crippen molar-refractivity contribution >= 4 is 34.3 Å². The molecule has 9 nitrogen and oxygen atoms in total. The lowest BCUT2D eigenvalue weighted by Gasteiger charge is -2.35. The Bertz CT molecular complexity index is 1470. The van der Waals surface area contributed by atoms with Gasteiger partial charge >= 0.3 is 0 Å². The molecule has 0 radical (unpaired) electrons. The second-order valence-electron chi connectivity index (χ2n) is 12.9. The molecule has 3 atom stereocenters. The number of allylic oxidation sites excluding steroid dienone is 3. The molecule has 9 heteroatoms. The molecule has 1 aliphatic carbocycles. The van der Waals surface area contributed by atoms with Gasteiger partial charge < -0.3 is 16.4 Å². The number of hydrogen-bond acceptors (Lipinski definition) is 6. The highest BCUT2D eigenvalue weighted by molar-refractivity contribution is 6.00. The van der Waals surface area contributed by atoms with Crippen molar-refractivity contribution in [2.24, 2.45) is 17.4 Å². The van der Waals surface area contributed by atoms with Crippen molar-refractivity contribution in [3.05, 3.63) is 84.0 Å². The SMILES string of the molecule is CC(=O)NN(CC1C=CC=C(C)C1)C(=O)CC(C)(N)C(=O)[C@@H](Cc1ccc2ccccc2c1)N(C)C(=O)/C=C/CC(C)(C)N. The van der Waals surface area contributed by atoms with Crippen molar-refractivity contribution in [2.45, 2.75) is 77.4 Å². The first-order valence-corrected chi connectivity index (χ1v) is 15.0. The Balaban J connectivity index is 1.87. The van der Waals surface area contributed by atoms with Crippen LogP contribution in [-0.2, 0) is 25.6 Å². The van der Waals surface area contributed by atoms with Crippen molar-refractivity contribution in [1.29, 1.82) is 0 Å². The van der Waals surface area contributed by atoms with Gasteiger partial charge in [0.1, 0.15) is 0 Å². The highest BCUT2D eigenvalue weighted by atomic mass is 16.2. The van der Waals surface area contributed by atoms with E-state index in [0.717, 1.165) is 22.8 Å². The summed E-state index contributed by atoms with van der Waals surface area (Å²) in [4.78, 5) is 54.4. The summed E-state index contributed by atoms with van der Waals surface area (Å²) in [5.74, 6) is -1.71. The predicted octanol–water partition coefficient (Wildman–Crippen LogP) is 3.97. The van der Waals surface area contributed by atoms with Gasteiger partial charge in [0.15, 0.2) is 5.78 Å². The fourth-order valence-electron chi connectivity index (χ4n) is 5.29. The monoisotopic (exact) mass is 601 g/mol. The average molecular weight is 602 g/mol. The van der Waals surface area contributed by atoms with Crippen molar-refractivity contribution in [3.8, 4) is 0 Å². The van der Waals surface area contributed by atoms with E-state index in [1.54, 1.807) is 13.1 Å². The number of carbonyl (C=O) groups excluding carboxylic acids is 4. The lowest BCUT2D eigenvalue weighted by molar-refractivity contribution is -0.145. The summed E-state index contributed by atoms with van der Waals surface area (Å²) in [6.07, 6.45) is 10.1. The topological polar surface area (TPSA) is 139 Å². The zero-order chi connectivity index (χ0) is 32.7. The summed E-state index contributed by atoms with van der Waals surface area (Å²) >= 11 is 0. The first-order valence-electron chi connectivity index (χ1n) is 15.0. The molecule has 5 N–H and O–H groups in total. The molecule has 236 valence electrons. The molecule has 0 bridgehead atoms. The number of Topliss-reactive ketones (excluding diaryl/α,β-unsaturated/α-hetero) is 1. The summed E-state index contributed by atoms with van der Waals surface area (Å²) in [7, 11) is 1.57. The van der Waals surface area contributed by atoms with Gasteiger partial charge in [-0.1, -0.05) is 72.3 Å². The molecule has 0 saturated carbocycles. The van der Waals surface area contributed by atoms with Crippen molar-refractivity contribution < 1.29 is 19.2 Å². The van der Waals surface area contributed by atoms with Crippen LogP contribution in [0.3, 0.4) is 0 Å². The van der Waals surface area contributed by atoms with Gasteiger partial charge in [0.25, 0.3) is 0 Å². The van der Waals surface area contributed by atoms with Crippen LogP contribution in [-0.4, -0.2) is 64.1 Å². The molecule has 44 heavy (non-hydrogen) atoms. The average Bonchev–Trinajstić information content (AvgIpc) is 2.93. The number of hydrogen-bond donors (Lipinski definition) is 3. The van der Waals surface area contributed by atoms with Crippen LogP contribution in [0.5, 0.6) is 0 Å². The van der Waals surface area contributed by atoms with Crippen LogP contribution in [0.2, 0.25) is 0 Å². The summed E-state index contributed by atoms with van der Waals surface area (Å²) in [6, 6.07) is 12.8. The molecule has 3 amide bonds. The predicted molar refractivity (Wildman–Crippen MR) is 175 cm³/mol. The molecular formula is C35H47N5O4. The van der Waals surface area contributed by atoms with Gasteiger partial charge in [0.2, 0.25) is 17.7 Å². The first-order chi connectivity index (χ1) is 20.6. The molecule has 2 aromatic rings. The maximum atomic E-state index is 14.2. The fourth-order valence-corrected chi connectivity index (χ4v) is 5.29. The smallest absolute Gasteiger partial charge is 0.246 e. The Morgan fingerprint density at radius 2 is 1.75 bits per heavy atom. The molecule has 0 saturated heterocycles. The van der Waals surface area contributed by atoms with E-state index in [9.17, 15) is 19.2 Å². The van der Waals surface area contributed by atoms with Crippen LogP contribution in [0, 0.1) is 5.92 Å². The van der Waals surface area contributed by atoms with Gasteiger partial charge in [0, 0.05) is 38.4 Å². The summed E-state index contributed by atoms with van der Waals surface area (Å²) in [6.45, 7) is 8.81. The quantitative estimate of drug-likeness (QED) is 0.249. The number of carbonyl (C=O) groups is 4. The number of ketones is 1. The number of benzene rings is 2. The first kappa shape index (κ1) is 34.4. The number of nitrogens with two attached hydrogens (primary N) is 2. The second-order valence-corrected chi connectivity index (χ2v) is 12.9. The molecule has 1 aliphatic rings. The molecule has 0 spiro atoms. The van der Waals surface area contributed by atoms with E-state index >= 15 is 0 Å². The number of nitrogens with one attached hydrogen (secondary N) is 1. The highest BCUT2D eigenvalue weighted by Crippen LogP contribution is 2.23. The highest BCUT2D eigenvalue weighted by Gasteiger charge is 2.40. The summed E-state index contributed by atoms with van der Waals surface area (Å²) in [5.41, 5.74) is 15.2. The summed E-state index contributed by atoms with van der Waals surface area (Å²) in [5, 5.41) is 3.31. The number of hydrazine groups is 1. The van der Waals surface area contributed by atoms with Crippen molar-refractivity contribution in [3.63, 3.8) is 0 Å². The molecule has 2 unspecified atom stereocenters. The third-order valence-corrected chi connectivity index (χ3v) is 7.71. The van der Waals surface area contributed by atoms with Crippen molar-refractivity contribution in [2.75, 3.05) is 13.6 Å². The normalized spacial score (nSPS) is 17.1. The maximum Gasteiger partial charge on any atom is 0.246 e. The van der Waals surface area contributed by atoms with Crippen LogP contribution in [0.25, 0.3) is 10.8 Å². The fraction of sp³-hybridized carbons (Fsp3) is 0.429. The van der Waals surface area contributed by atoms with Gasteiger partial charge in [-0.25, -0.2) is 0 Å². The number of nitrogens with zero attached hydrogens (tertiary/aromatic N) is 2. The lowest BCUT2D eigenvalue weighted by atomic mass is 9.85. The number of rotatable bonds is 12. The molecule has 3 rings (SSSR count). The van der Waals surface area contributed by atoms with E-state index in [1.807, 2.05) is 81.5 Å². The van der Waals surface area contributed by atoms with Crippen LogP contribution in [0.15, 0.2) is 78.4 Å². The van der Waals surface area contributed by atoms with Crippen LogP contribution in [0.1, 0.15) is 59.4 Å². The van der Waals surface area contributed by atoms with Gasteiger partial charge in [-0.05, 0) is 62.9 Å². The summed E-state index contributed by atoms with van der Waals surface area (Å²) < 4.78 is 0. The van der Waals surface area contributed by atoms with Crippen LogP contribution < -0.4 is 16.9 Å². The van der Waals surface area contributed by atoms with E-state index in [2.05, 4.69) is 5.43 Å². The Labute approximate surface area is 261 Å². The Morgan fingerprint density at radius 3 is 2.39 bits per heavy atom. The zero-order valence-corrected chi connectivity index (χ0v) is 26.8. The minimum Gasteiger partial charge on any atom is -0.332 e. The number of likely N-dealkylation sites (N-methyl/N-ethyl adjacent to an activating group) is 1. The van der Waals surface area contributed by atoms with E-state index in [4.69, 9.17) is 11.5 Å². The van der Waals surface area contributed by atoms with Crippen LogP contribution in [0.4, 0.5) is 0 Å². The molecule has 0 heterocycles. The largest absolute Gasteiger partial charge is 0.332 e.